The lowest BCUT2D eigenvalue weighted by atomic mass is 10.1. The SMILES string of the molecule is C[C@@H]1CCCN1CCc1cccc2ccc(-c3cc(-c4ccccc4)no3)nc12. The number of hydrogen-bond acceptors (Lipinski definition) is 4. The van der Waals surface area contributed by atoms with Crippen molar-refractivity contribution in [3.8, 4) is 22.7 Å². The van der Waals surface area contributed by atoms with Gasteiger partial charge >= 0.3 is 0 Å². The van der Waals surface area contributed by atoms with Gasteiger partial charge in [-0.05, 0) is 44.4 Å². The monoisotopic (exact) mass is 383 g/mol. The lowest BCUT2D eigenvalue weighted by molar-refractivity contribution is 0.272. The summed E-state index contributed by atoms with van der Waals surface area (Å²) in [4.78, 5) is 7.55. The summed E-state index contributed by atoms with van der Waals surface area (Å²) < 4.78 is 5.63. The first-order valence-electron chi connectivity index (χ1n) is 10.4. The van der Waals surface area contributed by atoms with Crippen LogP contribution >= 0.6 is 0 Å². The van der Waals surface area contributed by atoms with E-state index in [0.717, 1.165) is 35.4 Å². The molecule has 1 saturated heterocycles. The lowest BCUT2D eigenvalue weighted by Gasteiger charge is -2.21. The summed E-state index contributed by atoms with van der Waals surface area (Å²) in [5.41, 5.74) is 5.07. The molecule has 0 unspecified atom stereocenters. The molecule has 0 radical (unpaired) electrons. The first-order valence-corrected chi connectivity index (χ1v) is 10.4. The number of likely N-dealkylation sites (tertiary alicyclic amines) is 1. The third-order valence-corrected chi connectivity index (χ3v) is 5.99. The molecular formula is C25H25N3O. The van der Waals surface area contributed by atoms with E-state index in [9.17, 15) is 0 Å². The van der Waals surface area contributed by atoms with Crippen LogP contribution in [0.4, 0.5) is 0 Å². The molecule has 1 aliphatic rings. The zero-order valence-corrected chi connectivity index (χ0v) is 16.7. The van der Waals surface area contributed by atoms with E-state index >= 15 is 0 Å². The maximum Gasteiger partial charge on any atom is 0.185 e. The third-order valence-electron chi connectivity index (χ3n) is 5.99. The minimum absolute atomic E-state index is 0.694. The smallest absolute Gasteiger partial charge is 0.185 e. The summed E-state index contributed by atoms with van der Waals surface area (Å²) in [5.74, 6) is 0.703. The molecule has 5 rings (SSSR count). The van der Waals surface area contributed by atoms with Crippen molar-refractivity contribution in [2.24, 2.45) is 0 Å². The Bertz CT molecular complexity index is 1120. The van der Waals surface area contributed by atoms with Gasteiger partial charge in [-0.15, -0.1) is 0 Å². The molecule has 0 spiro atoms. The second kappa shape index (κ2) is 7.80. The van der Waals surface area contributed by atoms with Gasteiger partial charge in [0, 0.05) is 29.6 Å². The molecule has 2 aromatic heterocycles. The van der Waals surface area contributed by atoms with Gasteiger partial charge in [-0.1, -0.05) is 59.8 Å². The van der Waals surface area contributed by atoms with E-state index in [1.807, 2.05) is 42.5 Å². The molecule has 1 atom stereocenters. The maximum atomic E-state index is 5.63. The van der Waals surface area contributed by atoms with E-state index in [0.29, 0.717) is 11.8 Å². The van der Waals surface area contributed by atoms with Crippen molar-refractivity contribution in [3.63, 3.8) is 0 Å². The second-order valence-corrected chi connectivity index (χ2v) is 7.90. The quantitative estimate of drug-likeness (QED) is 0.451. The Kier molecular flexibility index (Phi) is 4.86. The highest BCUT2D eigenvalue weighted by Gasteiger charge is 2.20. The molecule has 2 aromatic carbocycles. The topological polar surface area (TPSA) is 42.2 Å². The van der Waals surface area contributed by atoms with Gasteiger partial charge in [0.1, 0.15) is 11.4 Å². The Balaban J connectivity index is 1.44. The number of pyridine rings is 1. The Labute approximate surface area is 171 Å². The zero-order chi connectivity index (χ0) is 19.6. The largest absolute Gasteiger partial charge is 0.354 e. The normalized spacial score (nSPS) is 17.2. The van der Waals surface area contributed by atoms with Crippen LogP contribution in [0.25, 0.3) is 33.6 Å². The average Bonchev–Trinajstić information content (AvgIpc) is 3.42. The molecule has 0 saturated carbocycles. The van der Waals surface area contributed by atoms with Crippen molar-refractivity contribution in [1.82, 2.24) is 15.0 Å². The molecule has 29 heavy (non-hydrogen) atoms. The number of hydrogen-bond donors (Lipinski definition) is 0. The molecule has 0 amide bonds. The number of nitrogens with zero attached hydrogens (tertiary/aromatic N) is 3. The Hall–Kier alpha value is -2.98. The van der Waals surface area contributed by atoms with Crippen molar-refractivity contribution in [1.29, 1.82) is 0 Å². The van der Waals surface area contributed by atoms with Crippen molar-refractivity contribution in [3.05, 3.63) is 72.3 Å². The number of rotatable bonds is 5. The summed E-state index contributed by atoms with van der Waals surface area (Å²) in [5, 5.41) is 5.41. The summed E-state index contributed by atoms with van der Waals surface area (Å²) >= 11 is 0. The number of aromatic nitrogens is 2. The average molecular weight is 383 g/mol. The highest BCUT2D eigenvalue weighted by Crippen LogP contribution is 2.27. The Morgan fingerprint density at radius 2 is 1.90 bits per heavy atom. The Morgan fingerprint density at radius 3 is 2.72 bits per heavy atom. The van der Waals surface area contributed by atoms with Crippen LogP contribution in [0.2, 0.25) is 0 Å². The standard InChI is InChI=1S/C25H25N3O/c1-18-7-6-15-28(18)16-14-21-11-5-10-20-12-13-22(26-25(20)21)24-17-23(27-29-24)19-8-3-2-4-9-19/h2-5,8-13,17-18H,6-7,14-16H2,1H3/t18-/m1/s1. The van der Waals surface area contributed by atoms with Gasteiger partial charge in [0.05, 0.1) is 5.52 Å². The highest BCUT2D eigenvalue weighted by molar-refractivity contribution is 5.84. The Morgan fingerprint density at radius 1 is 1.00 bits per heavy atom. The van der Waals surface area contributed by atoms with E-state index in [1.165, 1.54) is 30.3 Å². The molecule has 4 aromatic rings. The van der Waals surface area contributed by atoms with Gasteiger partial charge in [-0.3, -0.25) is 0 Å². The molecule has 0 bridgehead atoms. The molecule has 0 aliphatic carbocycles. The van der Waals surface area contributed by atoms with Crippen molar-refractivity contribution in [2.75, 3.05) is 13.1 Å². The molecule has 3 heterocycles. The second-order valence-electron chi connectivity index (χ2n) is 7.90. The van der Waals surface area contributed by atoms with Crippen LogP contribution in [0, 0.1) is 0 Å². The van der Waals surface area contributed by atoms with E-state index < -0.39 is 0 Å². The fraction of sp³-hybridized carbons (Fsp3) is 0.280. The van der Waals surface area contributed by atoms with Gasteiger partial charge in [0.15, 0.2) is 5.76 Å². The van der Waals surface area contributed by atoms with Crippen LogP contribution in [-0.4, -0.2) is 34.2 Å². The van der Waals surface area contributed by atoms with Gasteiger partial charge in [-0.2, -0.15) is 0 Å². The lowest BCUT2D eigenvalue weighted by Crippen LogP contribution is -2.29. The molecule has 0 N–H and O–H groups in total. The van der Waals surface area contributed by atoms with E-state index in [1.54, 1.807) is 0 Å². The van der Waals surface area contributed by atoms with E-state index in [-0.39, 0.29) is 0 Å². The first kappa shape index (κ1) is 18.1. The zero-order valence-electron chi connectivity index (χ0n) is 16.7. The molecule has 1 fully saturated rings. The number of benzene rings is 2. The fourth-order valence-corrected chi connectivity index (χ4v) is 4.28. The molecule has 4 nitrogen and oxygen atoms in total. The van der Waals surface area contributed by atoms with Gasteiger partial charge in [0.25, 0.3) is 0 Å². The van der Waals surface area contributed by atoms with Crippen molar-refractivity contribution >= 4 is 10.9 Å². The van der Waals surface area contributed by atoms with Crippen LogP contribution in [0.15, 0.2) is 71.3 Å². The van der Waals surface area contributed by atoms with Crippen LogP contribution in [0.3, 0.4) is 0 Å². The van der Waals surface area contributed by atoms with Gasteiger partial charge in [0.2, 0.25) is 0 Å². The molecule has 146 valence electrons. The predicted molar refractivity (Wildman–Crippen MR) is 117 cm³/mol. The molecule has 1 aliphatic heterocycles. The van der Waals surface area contributed by atoms with Crippen molar-refractivity contribution < 1.29 is 4.52 Å². The maximum absolute atomic E-state index is 5.63. The minimum atomic E-state index is 0.694. The van der Waals surface area contributed by atoms with Crippen LogP contribution < -0.4 is 0 Å². The number of para-hydroxylation sites is 1. The minimum Gasteiger partial charge on any atom is -0.354 e. The van der Waals surface area contributed by atoms with Crippen LogP contribution in [0.5, 0.6) is 0 Å². The van der Waals surface area contributed by atoms with Gasteiger partial charge in [-0.25, -0.2) is 4.98 Å². The summed E-state index contributed by atoms with van der Waals surface area (Å²) in [6.07, 6.45) is 3.64. The highest BCUT2D eigenvalue weighted by atomic mass is 16.5. The molecular weight excluding hydrogens is 358 g/mol. The predicted octanol–water partition coefficient (Wildman–Crippen LogP) is 5.58. The summed E-state index contributed by atoms with van der Waals surface area (Å²) in [7, 11) is 0. The summed E-state index contributed by atoms with van der Waals surface area (Å²) in [6.45, 7) is 4.64. The summed E-state index contributed by atoms with van der Waals surface area (Å²) in [6, 6.07) is 23.4. The molecule has 4 heteroatoms. The van der Waals surface area contributed by atoms with E-state index in [2.05, 4.69) is 41.2 Å². The van der Waals surface area contributed by atoms with Gasteiger partial charge < -0.3 is 9.42 Å². The van der Waals surface area contributed by atoms with Crippen LogP contribution in [0.1, 0.15) is 25.3 Å². The number of fused-ring (bicyclic) bond motifs is 1. The fourth-order valence-electron chi connectivity index (χ4n) is 4.28. The third kappa shape index (κ3) is 3.68. The van der Waals surface area contributed by atoms with Crippen molar-refractivity contribution in [2.45, 2.75) is 32.2 Å². The van der Waals surface area contributed by atoms with Crippen LogP contribution in [-0.2, 0) is 6.42 Å². The first-order chi connectivity index (χ1) is 14.3. The van der Waals surface area contributed by atoms with E-state index in [4.69, 9.17) is 9.51 Å².